The van der Waals surface area contributed by atoms with E-state index in [1.165, 1.54) is 0 Å². The highest BCUT2D eigenvalue weighted by Gasteiger charge is 1.74. The average Bonchev–Trinajstić information content (AvgIpc) is 2.48. The molecule has 7 N–H and O–H groups in total. The lowest BCUT2D eigenvalue weighted by molar-refractivity contribution is -0.132. The number of rotatable bonds is 4. The summed E-state index contributed by atoms with van der Waals surface area (Å²) in [5, 5.41) is 37.6. The van der Waals surface area contributed by atoms with E-state index in [1.807, 2.05) is 0 Å². The second-order valence-electron chi connectivity index (χ2n) is 2.51. The van der Waals surface area contributed by atoms with Crippen LogP contribution in [0.5, 0.6) is 0 Å². The number of carbonyl (C=O) groups is 5. The quantitative estimate of drug-likeness (QED) is 0.390. The summed E-state index contributed by atoms with van der Waals surface area (Å²) in [4.78, 5) is 45.8. The third kappa shape index (κ3) is 314. The molecule has 0 aliphatic heterocycles. The Morgan fingerprint density at radius 1 is 0.542 bits per heavy atom. The van der Waals surface area contributed by atoms with E-state index in [-0.39, 0.29) is 0 Å². The number of aliphatic carboxylic acids is 4. The summed E-state index contributed by atoms with van der Waals surface area (Å²) in [5.41, 5.74) is 4.03. The topological polar surface area (TPSA) is 213 Å². The Morgan fingerprint density at radius 3 is 0.583 bits per heavy atom. The summed E-state index contributed by atoms with van der Waals surface area (Å²) in [6.07, 6.45) is 2.00. The van der Waals surface area contributed by atoms with Crippen molar-refractivity contribution in [1.82, 2.24) is 0 Å². The Balaban J connectivity index is -0.0000000628. The largest absolute Gasteiger partial charge is 0.478 e. The minimum Gasteiger partial charge on any atom is -0.478 e. The molecule has 0 aliphatic carbocycles. The summed E-state index contributed by atoms with van der Waals surface area (Å²) in [7, 11) is 0. The fourth-order valence-electron chi connectivity index (χ4n) is 0. The zero-order valence-corrected chi connectivity index (χ0v) is 12.5. The van der Waals surface area contributed by atoms with Gasteiger partial charge in [0.1, 0.15) is 0 Å². The Labute approximate surface area is 137 Å². The zero-order chi connectivity index (χ0) is 20.7. The van der Waals surface area contributed by atoms with Gasteiger partial charge in [-0.1, -0.05) is 26.3 Å². The monoisotopic (exact) mass is 349 g/mol. The smallest absolute Gasteiger partial charge is 0.402 e. The molecule has 136 valence electrons. The zero-order valence-electron chi connectivity index (χ0n) is 12.5. The molecule has 0 heterocycles. The van der Waals surface area contributed by atoms with Crippen LogP contribution in [-0.4, -0.2) is 55.5 Å². The summed E-state index contributed by atoms with van der Waals surface area (Å²) >= 11 is 0. The van der Waals surface area contributed by atoms with Gasteiger partial charge in [0.05, 0.1) is 0 Å². The Bertz CT molecular complexity index is 378. The third-order valence-electron chi connectivity index (χ3n) is 0.698. The lowest BCUT2D eigenvalue weighted by atomic mass is 10.7. The van der Waals surface area contributed by atoms with Crippen molar-refractivity contribution in [3.63, 3.8) is 0 Å². The van der Waals surface area contributed by atoms with Crippen molar-refractivity contribution in [1.29, 1.82) is 0 Å². The highest BCUT2D eigenvalue weighted by atomic mass is 16.4. The molecule has 0 saturated carbocycles. The van der Waals surface area contributed by atoms with Crippen LogP contribution >= 0.6 is 0 Å². The standard InChI is InChI=1S/4C3H4O2.CH3NO2/c4*1-2-3(4)5;2-1(3)4/h4*2H,1H2,(H,4,5);2H2,(H,3,4). The molecule has 1 amide bonds. The molecule has 11 heteroatoms. The van der Waals surface area contributed by atoms with E-state index in [2.05, 4.69) is 32.0 Å². The predicted molar refractivity (Wildman–Crippen MR) is 83.5 cm³/mol. The molecule has 0 radical (unpaired) electrons. The maximum absolute atomic E-state index is 9.25. The van der Waals surface area contributed by atoms with Gasteiger partial charge in [0.25, 0.3) is 0 Å². The van der Waals surface area contributed by atoms with Gasteiger partial charge in [-0.15, -0.1) is 0 Å². The predicted octanol–water partition coefficient (Wildman–Crippen LogP) is 0.651. The number of hydrogen-bond acceptors (Lipinski definition) is 5. The molecular weight excluding hydrogens is 330 g/mol. The maximum Gasteiger partial charge on any atom is 0.402 e. The van der Waals surface area contributed by atoms with Gasteiger partial charge in [0.15, 0.2) is 0 Å². The van der Waals surface area contributed by atoms with Crippen molar-refractivity contribution in [3.8, 4) is 0 Å². The summed E-state index contributed by atoms with van der Waals surface area (Å²) in [6, 6.07) is 0. The van der Waals surface area contributed by atoms with Crippen molar-refractivity contribution < 1.29 is 49.5 Å². The number of primary amides is 1. The molecule has 0 fully saturated rings. The van der Waals surface area contributed by atoms with Crippen molar-refractivity contribution >= 4 is 30.0 Å². The third-order valence-corrected chi connectivity index (χ3v) is 0.698. The summed E-state index contributed by atoms with van der Waals surface area (Å²) < 4.78 is 0. The first-order valence-corrected chi connectivity index (χ1v) is 5.22. The van der Waals surface area contributed by atoms with E-state index in [0.717, 1.165) is 24.3 Å². The molecule has 11 nitrogen and oxygen atoms in total. The van der Waals surface area contributed by atoms with E-state index < -0.39 is 30.0 Å². The van der Waals surface area contributed by atoms with Crippen LogP contribution in [0.4, 0.5) is 4.79 Å². The second-order valence-corrected chi connectivity index (χ2v) is 2.51. The van der Waals surface area contributed by atoms with E-state index >= 15 is 0 Å². The number of nitrogens with two attached hydrogens (primary N) is 1. The fourth-order valence-corrected chi connectivity index (χ4v) is 0. The second kappa shape index (κ2) is 27.5. The lowest BCUT2D eigenvalue weighted by Crippen LogP contribution is -2.03. The van der Waals surface area contributed by atoms with E-state index in [4.69, 9.17) is 30.3 Å². The van der Waals surface area contributed by atoms with Gasteiger partial charge in [-0.3, -0.25) is 0 Å². The van der Waals surface area contributed by atoms with Crippen LogP contribution < -0.4 is 5.73 Å². The molecule has 24 heavy (non-hydrogen) atoms. The van der Waals surface area contributed by atoms with Crippen LogP contribution in [0.15, 0.2) is 50.6 Å². The molecule has 0 aromatic heterocycles. The lowest BCUT2D eigenvalue weighted by Gasteiger charge is -1.64. The van der Waals surface area contributed by atoms with E-state index in [0.29, 0.717) is 0 Å². The Kier molecular flexibility index (Phi) is 36.8. The molecule has 0 atom stereocenters. The first-order chi connectivity index (χ1) is 10.8. The number of carboxylic acids is 4. The molecule has 0 unspecified atom stereocenters. The normalized spacial score (nSPS) is 6.33. The highest BCUT2D eigenvalue weighted by molar-refractivity contribution is 5.79. The van der Waals surface area contributed by atoms with Gasteiger partial charge < -0.3 is 31.3 Å². The Hall–Kier alpha value is -3.89. The SMILES string of the molecule is C=CC(=O)O.C=CC(=O)O.C=CC(=O)O.C=CC(=O)O.NC(=O)O. The fraction of sp³-hybridized carbons (Fsp3) is 0. The van der Waals surface area contributed by atoms with Gasteiger partial charge in [-0.25, -0.2) is 24.0 Å². The molecular formula is C13H19NO10. The van der Waals surface area contributed by atoms with Crippen LogP contribution in [0.1, 0.15) is 0 Å². The minimum atomic E-state index is -1.33. The van der Waals surface area contributed by atoms with Crippen LogP contribution in [0, 0.1) is 0 Å². The van der Waals surface area contributed by atoms with Gasteiger partial charge in [0.2, 0.25) is 0 Å². The van der Waals surface area contributed by atoms with Crippen LogP contribution in [-0.2, 0) is 19.2 Å². The number of amides is 1. The van der Waals surface area contributed by atoms with E-state index in [9.17, 15) is 19.2 Å². The molecule has 0 aromatic rings. The summed E-state index contributed by atoms with van der Waals surface area (Å²) in [6.45, 7) is 11.8. The molecule has 0 aromatic carbocycles. The van der Waals surface area contributed by atoms with Crippen molar-refractivity contribution in [2.75, 3.05) is 0 Å². The average molecular weight is 349 g/mol. The van der Waals surface area contributed by atoms with Crippen molar-refractivity contribution in [2.24, 2.45) is 5.73 Å². The van der Waals surface area contributed by atoms with Crippen LogP contribution in [0.2, 0.25) is 0 Å². The number of hydrogen-bond donors (Lipinski definition) is 6. The summed E-state index contributed by atoms with van der Waals surface area (Å²) in [5.74, 6) is -3.93. The number of carboxylic acid groups (broad SMARTS) is 5. The van der Waals surface area contributed by atoms with Gasteiger partial charge in [-0.05, 0) is 0 Å². The molecule has 0 rings (SSSR count). The maximum atomic E-state index is 9.25. The van der Waals surface area contributed by atoms with Crippen LogP contribution in [0.25, 0.3) is 0 Å². The molecule has 0 aliphatic rings. The van der Waals surface area contributed by atoms with Gasteiger partial charge in [0, 0.05) is 24.3 Å². The molecule has 0 spiro atoms. The first kappa shape index (κ1) is 32.2. The highest BCUT2D eigenvalue weighted by Crippen LogP contribution is 1.56. The van der Waals surface area contributed by atoms with Gasteiger partial charge in [-0.2, -0.15) is 0 Å². The first-order valence-electron chi connectivity index (χ1n) is 5.22. The minimum absolute atomic E-state index is 0.833. The van der Waals surface area contributed by atoms with E-state index in [1.54, 1.807) is 0 Å². The Morgan fingerprint density at radius 2 is 0.583 bits per heavy atom. The van der Waals surface area contributed by atoms with Crippen LogP contribution in [0.3, 0.4) is 0 Å². The molecule has 0 bridgehead atoms. The molecule has 0 saturated heterocycles. The van der Waals surface area contributed by atoms with Gasteiger partial charge >= 0.3 is 30.0 Å². The van der Waals surface area contributed by atoms with Crippen molar-refractivity contribution in [3.05, 3.63) is 50.6 Å². The van der Waals surface area contributed by atoms with Crippen molar-refractivity contribution in [2.45, 2.75) is 0 Å².